The summed E-state index contributed by atoms with van der Waals surface area (Å²) in [5.74, 6) is 1.13. The number of hydrogen-bond donors (Lipinski definition) is 2. The van der Waals surface area contributed by atoms with E-state index < -0.39 is 10.0 Å². The van der Waals surface area contributed by atoms with Crippen molar-refractivity contribution in [1.29, 1.82) is 0 Å². The van der Waals surface area contributed by atoms with Crippen LogP contribution in [0.15, 0.2) is 47.4 Å². The number of benzene rings is 2. The fraction of sp³-hybridized carbons (Fsp3) is 0.143. The van der Waals surface area contributed by atoms with Gasteiger partial charge in [0.05, 0.1) is 11.4 Å². The summed E-state index contributed by atoms with van der Waals surface area (Å²) in [5, 5.41) is 2.87. The fourth-order valence-electron chi connectivity index (χ4n) is 2.08. The van der Waals surface area contributed by atoms with Crippen molar-refractivity contribution >= 4 is 21.4 Å². The Balaban J connectivity index is 1.93. The molecule has 21 heavy (non-hydrogen) atoms. The summed E-state index contributed by atoms with van der Waals surface area (Å²) in [5.41, 5.74) is 0.955. The monoisotopic (exact) mass is 306 g/mol. The quantitative estimate of drug-likeness (QED) is 0.906. The predicted molar refractivity (Wildman–Crippen MR) is 79.4 cm³/mol. The zero-order chi connectivity index (χ0) is 14.9. The first-order chi connectivity index (χ1) is 10.1. The number of nitrogens with one attached hydrogen (secondary N) is 2. The lowest BCUT2D eigenvalue weighted by molar-refractivity contribution is 0.174. The van der Waals surface area contributed by atoms with E-state index in [-0.39, 0.29) is 11.7 Å². The van der Waals surface area contributed by atoms with Crippen molar-refractivity contribution in [3.63, 3.8) is 0 Å². The van der Waals surface area contributed by atoms with E-state index in [1.54, 1.807) is 49.5 Å². The molecule has 0 radical (unpaired) electrons. The Kier molecular flexibility index (Phi) is 3.34. The van der Waals surface area contributed by atoms with Gasteiger partial charge in [0.25, 0.3) is 10.0 Å². The standard InChI is InChI=1S/C14H14N2O4S/c1-15-11-4-2-3-5-14(11)21(17,18)16-10-6-7-12-13(8-10)20-9-19-12/h2-8,15-16H,9H2,1H3. The molecular weight excluding hydrogens is 292 g/mol. The third-order valence-corrected chi connectivity index (χ3v) is 4.51. The summed E-state index contributed by atoms with van der Waals surface area (Å²) in [6.45, 7) is 0.147. The van der Waals surface area contributed by atoms with Crippen LogP contribution in [-0.4, -0.2) is 22.3 Å². The van der Waals surface area contributed by atoms with E-state index in [4.69, 9.17) is 9.47 Å². The Labute approximate surface area is 122 Å². The zero-order valence-electron chi connectivity index (χ0n) is 11.3. The van der Waals surface area contributed by atoms with E-state index >= 15 is 0 Å². The molecule has 0 spiro atoms. The topological polar surface area (TPSA) is 76.7 Å². The Morgan fingerprint density at radius 1 is 1.05 bits per heavy atom. The van der Waals surface area contributed by atoms with E-state index in [0.717, 1.165) is 0 Å². The number of anilines is 2. The lowest BCUT2D eigenvalue weighted by atomic mass is 10.3. The second-order valence-electron chi connectivity index (χ2n) is 4.42. The Morgan fingerprint density at radius 2 is 1.81 bits per heavy atom. The highest BCUT2D eigenvalue weighted by Gasteiger charge is 2.20. The zero-order valence-corrected chi connectivity index (χ0v) is 12.1. The highest BCUT2D eigenvalue weighted by atomic mass is 32.2. The number of hydrogen-bond acceptors (Lipinski definition) is 5. The summed E-state index contributed by atoms with van der Waals surface area (Å²) in [7, 11) is -2.01. The molecule has 2 aromatic carbocycles. The highest BCUT2D eigenvalue weighted by molar-refractivity contribution is 7.92. The number of fused-ring (bicyclic) bond motifs is 1. The summed E-state index contributed by atoms with van der Waals surface area (Å²) in [4.78, 5) is 0.185. The van der Waals surface area contributed by atoms with Crippen LogP contribution in [0.1, 0.15) is 0 Å². The van der Waals surface area contributed by atoms with Gasteiger partial charge in [-0.2, -0.15) is 0 Å². The average Bonchev–Trinajstić information content (AvgIpc) is 2.94. The molecule has 0 aliphatic carbocycles. The van der Waals surface area contributed by atoms with Crippen LogP contribution < -0.4 is 19.5 Å². The van der Waals surface area contributed by atoms with Gasteiger partial charge in [0.15, 0.2) is 11.5 Å². The van der Waals surface area contributed by atoms with Crippen molar-refractivity contribution in [2.45, 2.75) is 4.90 Å². The minimum Gasteiger partial charge on any atom is -0.454 e. The van der Waals surface area contributed by atoms with Crippen LogP contribution in [0.25, 0.3) is 0 Å². The second-order valence-corrected chi connectivity index (χ2v) is 6.07. The first kappa shape index (κ1) is 13.6. The van der Waals surface area contributed by atoms with Crippen molar-refractivity contribution in [3.05, 3.63) is 42.5 Å². The van der Waals surface area contributed by atoms with Crippen molar-refractivity contribution < 1.29 is 17.9 Å². The Hall–Kier alpha value is -2.41. The Morgan fingerprint density at radius 3 is 2.62 bits per heavy atom. The van der Waals surface area contributed by atoms with Gasteiger partial charge >= 0.3 is 0 Å². The normalized spacial score (nSPS) is 13.0. The van der Waals surface area contributed by atoms with E-state index in [0.29, 0.717) is 22.9 Å². The minimum absolute atomic E-state index is 0.147. The van der Waals surface area contributed by atoms with E-state index in [9.17, 15) is 8.42 Å². The highest BCUT2D eigenvalue weighted by Crippen LogP contribution is 2.35. The molecule has 1 aliphatic heterocycles. The van der Waals surface area contributed by atoms with Crippen LogP contribution >= 0.6 is 0 Å². The van der Waals surface area contributed by atoms with Crippen LogP contribution in [0.3, 0.4) is 0 Å². The molecule has 6 nitrogen and oxygen atoms in total. The van der Waals surface area contributed by atoms with Gasteiger partial charge in [-0.15, -0.1) is 0 Å². The van der Waals surface area contributed by atoms with Gasteiger partial charge in [-0.25, -0.2) is 8.42 Å². The third kappa shape index (κ3) is 2.59. The third-order valence-electron chi connectivity index (χ3n) is 3.07. The molecule has 1 heterocycles. The maximum atomic E-state index is 12.5. The number of para-hydroxylation sites is 1. The van der Waals surface area contributed by atoms with Crippen LogP contribution in [0.4, 0.5) is 11.4 Å². The lowest BCUT2D eigenvalue weighted by Gasteiger charge is -2.12. The number of rotatable bonds is 4. The Bertz CT molecular complexity index is 774. The molecule has 110 valence electrons. The van der Waals surface area contributed by atoms with Gasteiger partial charge in [0.2, 0.25) is 6.79 Å². The maximum Gasteiger partial charge on any atom is 0.263 e. The average molecular weight is 306 g/mol. The molecule has 0 aromatic heterocycles. The second kappa shape index (κ2) is 5.17. The van der Waals surface area contributed by atoms with Crippen molar-refractivity contribution in [3.8, 4) is 11.5 Å². The van der Waals surface area contributed by atoms with Gasteiger partial charge < -0.3 is 14.8 Å². The van der Waals surface area contributed by atoms with Crippen LogP contribution in [0.5, 0.6) is 11.5 Å². The van der Waals surface area contributed by atoms with Gasteiger partial charge in [-0.3, -0.25) is 4.72 Å². The smallest absolute Gasteiger partial charge is 0.263 e. The van der Waals surface area contributed by atoms with E-state index in [1.807, 2.05) is 0 Å². The maximum absolute atomic E-state index is 12.5. The first-order valence-electron chi connectivity index (χ1n) is 6.29. The summed E-state index contributed by atoms with van der Waals surface area (Å²) >= 11 is 0. The minimum atomic E-state index is -3.68. The van der Waals surface area contributed by atoms with Crippen LogP contribution in [0, 0.1) is 0 Å². The molecule has 2 aromatic rings. The largest absolute Gasteiger partial charge is 0.454 e. The molecule has 0 amide bonds. The van der Waals surface area contributed by atoms with E-state index in [2.05, 4.69) is 10.0 Å². The predicted octanol–water partition coefficient (Wildman–Crippen LogP) is 2.26. The summed E-state index contributed by atoms with van der Waals surface area (Å²) in [6, 6.07) is 11.6. The van der Waals surface area contributed by atoms with Crippen molar-refractivity contribution in [2.24, 2.45) is 0 Å². The van der Waals surface area contributed by atoms with E-state index in [1.165, 1.54) is 0 Å². The summed E-state index contributed by atoms with van der Waals surface area (Å²) in [6.07, 6.45) is 0. The van der Waals surface area contributed by atoms with Gasteiger partial charge in [-0.1, -0.05) is 12.1 Å². The molecule has 0 saturated carbocycles. The number of sulfonamides is 1. The summed E-state index contributed by atoms with van der Waals surface area (Å²) < 4.78 is 37.9. The van der Waals surface area contributed by atoms with Crippen LogP contribution in [-0.2, 0) is 10.0 Å². The SMILES string of the molecule is CNc1ccccc1S(=O)(=O)Nc1ccc2c(c1)OCO2. The molecule has 1 aliphatic rings. The molecule has 7 heteroatoms. The molecule has 2 N–H and O–H groups in total. The van der Waals surface area contributed by atoms with Gasteiger partial charge in [-0.05, 0) is 24.3 Å². The first-order valence-corrected chi connectivity index (χ1v) is 7.78. The van der Waals surface area contributed by atoms with Crippen molar-refractivity contribution in [2.75, 3.05) is 23.9 Å². The van der Waals surface area contributed by atoms with Gasteiger partial charge in [0.1, 0.15) is 4.90 Å². The molecule has 0 unspecified atom stereocenters. The molecule has 0 bridgehead atoms. The van der Waals surface area contributed by atoms with Gasteiger partial charge in [0, 0.05) is 13.1 Å². The number of ether oxygens (including phenoxy) is 2. The van der Waals surface area contributed by atoms with Crippen molar-refractivity contribution in [1.82, 2.24) is 0 Å². The molecular formula is C14H14N2O4S. The molecule has 0 fully saturated rings. The fourth-order valence-corrected chi connectivity index (χ4v) is 3.34. The lowest BCUT2D eigenvalue weighted by Crippen LogP contribution is -2.14. The van der Waals surface area contributed by atoms with Crippen LogP contribution in [0.2, 0.25) is 0 Å². The molecule has 0 atom stereocenters. The molecule has 3 rings (SSSR count). The molecule has 0 saturated heterocycles.